The maximum absolute atomic E-state index is 12.6. The summed E-state index contributed by atoms with van der Waals surface area (Å²) < 4.78 is 7.22. The molecule has 9 nitrogen and oxygen atoms in total. The minimum absolute atomic E-state index is 0.119. The molecular weight excluding hydrogens is 346 g/mol. The van der Waals surface area contributed by atoms with E-state index < -0.39 is 0 Å². The fraction of sp³-hybridized carbons (Fsp3) is 0.389. The largest absolute Gasteiger partial charge is 0.381 e. The number of hydrogen-bond acceptors (Lipinski definition) is 6. The number of nitrogens with zero attached hydrogens (tertiary/aromatic N) is 5. The topological polar surface area (TPSA) is 114 Å². The van der Waals surface area contributed by atoms with Gasteiger partial charge in [0.2, 0.25) is 0 Å². The summed E-state index contributed by atoms with van der Waals surface area (Å²) in [6, 6.07) is 2.03. The molecule has 5 rings (SSSR count). The highest BCUT2D eigenvalue weighted by atomic mass is 16.5. The average molecular weight is 365 g/mol. The third-order valence-electron chi connectivity index (χ3n) is 5.33. The summed E-state index contributed by atoms with van der Waals surface area (Å²) in [5.74, 6) is 0.532. The van der Waals surface area contributed by atoms with Gasteiger partial charge in [-0.3, -0.25) is 4.57 Å². The molecule has 0 radical (unpaired) electrons. The molecule has 0 spiro atoms. The van der Waals surface area contributed by atoms with Gasteiger partial charge in [0.05, 0.1) is 24.1 Å². The van der Waals surface area contributed by atoms with Crippen LogP contribution in [-0.4, -0.2) is 47.7 Å². The van der Waals surface area contributed by atoms with E-state index in [0.29, 0.717) is 22.6 Å². The Morgan fingerprint density at radius 3 is 2.78 bits per heavy atom. The number of fused-ring (bicyclic) bond motifs is 2. The molecule has 2 N–H and O–H groups in total. The Balaban J connectivity index is 1.57. The minimum atomic E-state index is -0.139. The molecular formula is C18H19N7O2. The van der Waals surface area contributed by atoms with Gasteiger partial charge in [-0.25, -0.2) is 24.7 Å². The van der Waals surface area contributed by atoms with Crippen LogP contribution in [-0.2, 0) is 4.74 Å². The summed E-state index contributed by atoms with van der Waals surface area (Å²) in [5, 5.41) is 0. The summed E-state index contributed by atoms with van der Waals surface area (Å²) in [6.45, 7) is 0. The molecule has 0 aliphatic heterocycles. The lowest BCUT2D eigenvalue weighted by Gasteiger charge is -2.28. The van der Waals surface area contributed by atoms with Crippen molar-refractivity contribution < 1.29 is 4.74 Å². The molecule has 4 aromatic rings. The summed E-state index contributed by atoms with van der Waals surface area (Å²) in [6.07, 6.45) is 8.91. The van der Waals surface area contributed by atoms with Gasteiger partial charge >= 0.3 is 5.69 Å². The summed E-state index contributed by atoms with van der Waals surface area (Å²) in [4.78, 5) is 36.0. The zero-order valence-electron chi connectivity index (χ0n) is 14.8. The van der Waals surface area contributed by atoms with Crippen molar-refractivity contribution in [2.75, 3.05) is 7.11 Å². The van der Waals surface area contributed by atoms with Crippen molar-refractivity contribution in [2.45, 2.75) is 37.8 Å². The molecule has 9 heteroatoms. The standard InChI is InChI=1S/C18H19N7O2/c1-27-12-4-2-11(3-5-12)25-17-14(23-18(25)26)8-20-15(24-17)10-6-13-16(19-7-10)22-9-21-13/h6-9,11-12H,2-5H2,1H3,(H,23,26)(H,19,21,22). The molecule has 0 saturated heterocycles. The van der Waals surface area contributed by atoms with E-state index in [2.05, 4.69) is 29.9 Å². The fourth-order valence-electron chi connectivity index (χ4n) is 3.89. The number of ether oxygens (including phenoxy) is 1. The third kappa shape index (κ3) is 2.71. The molecule has 0 unspecified atom stereocenters. The van der Waals surface area contributed by atoms with E-state index in [-0.39, 0.29) is 17.8 Å². The second-order valence-corrected chi connectivity index (χ2v) is 6.89. The van der Waals surface area contributed by atoms with E-state index in [1.54, 1.807) is 30.4 Å². The molecule has 1 aliphatic rings. The van der Waals surface area contributed by atoms with Crippen molar-refractivity contribution in [3.05, 3.63) is 35.3 Å². The highest BCUT2D eigenvalue weighted by Crippen LogP contribution is 2.30. The summed E-state index contributed by atoms with van der Waals surface area (Å²) >= 11 is 0. The predicted molar refractivity (Wildman–Crippen MR) is 99.3 cm³/mol. The Morgan fingerprint density at radius 2 is 1.96 bits per heavy atom. The van der Waals surface area contributed by atoms with Gasteiger partial charge in [0.25, 0.3) is 0 Å². The summed E-state index contributed by atoms with van der Waals surface area (Å²) in [5.41, 5.74) is 3.38. The molecule has 4 heterocycles. The van der Waals surface area contributed by atoms with Crippen LogP contribution in [0.4, 0.5) is 0 Å². The quantitative estimate of drug-likeness (QED) is 0.575. The van der Waals surface area contributed by atoms with Crippen LogP contribution in [0.5, 0.6) is 0 Å². The van der Waals surface area contributed by atoms with Gasteiger partial charge in [0, 0.05) is 24.9 Å². The maximum atomic E-state index is 12.6. The number of pyridine rings is 1. The summed E-state index contributed by atoms with van der Waals surface area (Å²) in [7, 11) is 1.74. The van der Waals surface area contributed by atoms with Crippen molar-refractivity contribution in [2.24, 2.45) is 0 Å². The highest BCUT2D eigenvalue weighted by Gasteiger charge is 2.25. The Kier molecular flexibility index (Phi) is 3.75. The van der Waals surface area contributed by atoms with Crippen LogP contribution in [0.25, 0.3) is 33.7 Å². The number of rotatable bonds is 3. The number of hydrogen-bond donors (Lipinski definition) is 2. The SMILES string of the molecule is COC1CCC(n2c(=O)[nH]c3cnc(-c4cnc5nc[nH]c5c4)nc32)CC1. The first kappa shape index (κ1) is 16.1. The van der Waals surface area contributed by atoms with Crippen LogP contribution >= 0.6 is 0 Å². The number of methoxy groups -OCH3 is 1. The Hall–Kier alpha value is -3.07. The van der Waals surface area contributed by atoms with Crippen molar-refractivity contribution in [1.29, 1.82) is 0 Å². The zero-order valence-corrected chi connectivity index (χ0v) is 14.8. The van der Waals surface area contributed by atoms with Gasteiger partial charge in [0.1, 0.15) is 5.52 Å². The van der Waals surface area contributed by atoms with Gasteiger partial charge < -0.3 is 14.7 Å². The van der Waals surface area contributed by atoms with Gasteiger partial charge in [-0.2, -0.15) is 0 Å². The van der Waals surface area contributed by atoms with Crippen LogP contribution in [0.15, 0.2) is 29.6 Å². The maximum Gasteiger partial charge on any atom is 0.327 e. The van der Waals surface area contributed by atoms with E-state index in [9.17, 15) is 4.79 Å². The van der Waals surface area contributed by atoms with Crippen LogP contribution in [0.2, 0.25) is 0 Å². The molecule has 0 amide bonds. The third-order valence-corrected chi connectivity index (χ3v) is 5.33. The monoisotopic (exact) mass is 365 g/mol. The van der Waals surface area contributed by atoms with E-state index in [4.69, 9.17) is 4.74 Å². The Bertz CT molecular complexity index is 1170. The zero-order chi connectivity index (χ0) is 18.4. The fourth-order valence-corrected chi connectivity index (χ4v) is 3.89. The Labute approximate surface area is 153 Å². The number of H-pyrrole nitrogens is 2. The normalized spacial score (nSPS) is 20.5. The molecule has 1 fully saturated rings. The van der Waals surface area contributed by atoms with Crippen molar-refractivity contribution >= 4 is 22.3 Å². The molecule has 0 bridgehead atoms. The lowest BCUT2D eigenvalue weighted by Crippen LogP contribution is -2.28. The first-order valence-electron chi connectivity index (χ1n) is 9.02. The van der Waals surface area contributed by atoms with Gasteiger partial charge in [0.15, 0.2) is 17.1 Å². The molecule has 4 aromatic heterocycles. The average Bonchev–Trinajstić information content (AvgIpc) is 3.30. The Morgan fingerprint density at radius 1 is 1.11 bits per heavy atom. The van der Waals surface area contributed by atoms with Crippen molar-refractivity contribution in [3.63, 3.8) is 0 Å². The van der Waals surface area contributed by atoms with E-state index in [1.165, 1.54) is 0 Å². The first-order valence-corrected chi connectivity index (χ1v) is 9.02. The lowest BCUT2D eigenvalue weighted by atomic mass is 9.93. The first-order chi connectivity index (χ1) is 13.2. The van der Waals surface area contributed by atoms with E-state index in [1.807, 2.05) is 6.07 Å². The van der Waals surface area contributed by atoms with E-state index in [0.717, 1.165) is 36.8 Å². The molecule has 1 saturated carbocycles. The highest BCUT2D eigenvalue weighted by molar-refractivity contribution is 5.77. The second-order valence-electron chi connectivity index (χ2n) is 6.89. The second kappa shape index (κ2) is 6.27. The van der Waals surface area contributed by atoms with E-state index >= 15 is 0 Å². The minimum Gasteiger partial charge on any atom is -0.381 e. The molecule has 0 aromatic carbocycles. The number of imidazole rings is 2. The van der Waals surface area contributed by atoms with Crippen LogP contribution in [0.3, 0.4) is 0 Å². The van der Waals surface area contributed by atoms with Gasteiger partial charge in [-0.05, 0) is 31.7 Å². The van der Waals surface area contributed by atoms with Crippen molar-refractivity contribution in [1.82, 2.24) is 34.5 Å². The number of aromatic amines is 2. The van der Waals surface area contributed by atoms with Crippen molar-refractivity contribution in [3.8, 4) is 11.4 Å². The predicted octanol–water partition coefficient (Wildman–Crippen LogP) is 2.19. The molecule has 0 atom stereocenters. The van der Waals surface area contributed by atoms with Crippen LogP contribution in [0.1, 0.15) is 31.7 Å². The lowest BCUT2D eigenvalue weighted by molar-refractivity contribution is 0.0585. The van der Waals surface area contributed by atoms with Crippen LogP contribution < -0.4 is 5.69 Å². The molecule has 1 aliphatic carbocycles. The molecule has 27 heavy (non-hydrogen) atoms. The number of nitrogens with one attached hydrogen (secondary N) is 2. The number of aromatic nitrogens is 7. The van der Waals surface area contributed by atoms with Gasteiger partial charge in [-0.15, -0.1) is 0 Å². The molecule has 138 valence electrons. The smallest absolute Gasteiger partial charge is 0.327 e. The van der Waals surface area contributed by atoms with Gasteiger partial charge in [-0.1, -0.05) is 0 Å². The van der Waals surface area contributed by atoms with Crippen LogP contribution in [0, 0.1) is 0 Å².